The van der Waals surface area contributed by atoms with E-state index in [1.165, 1.54) is 12.0 Å². The van der Waals surface area contributed by atoms with Crippen molar-refractivity contribution in [3.8, 4) is 0 Å². The zero-order valence-electron chi connectivity index (χ0n) is 15.6. The van der Waals surface area contributed by atoms with Gasteiger partial charge in [-0.15, -0.1) is 0 Å². The Balaban J connectivity index is 1.95. The Labute approximate surface area is 158 Å². The Morgan fingerprint density at radius 3 is 2.19 bits per heavy atom. The summed E-state index contributed by atoms with van der Waals surface area (Å²) in [6, 6.07) is 6.60. The first-order chi connectivity index (χ1) is 13.0. The summed E-state index contributed by atoms with van der Waals surface area (Å²) in [4.78, 5) is 51.3. The number of hydrogen-bond acceptors (Lipinski definition) is 6. The minimum atomic E-state index is -0.403. The Morgan fingerprint density at radius 2 is 1.63 bits per heavy atom. The van der Waals surface area contributed by atoms with E-state index in [-0.39, 0.29) is 43.7 Å². The predicted molar refractivity (Wildman–Crippen MR) is 96.1 cm³/mol. The summed E-state index contributed by atoms with van der Waals surface area (Å²) in [6.07, 6.45) is 0.707. The van der Waals surface area contributed by atoms with E-state index in [9.17, 15) is 19.2 Å². The van der Waals surface area contributed by atoms with Crippen molar-refractivity contribution in [3.63, 3.8) is 0 Å². The number of hydrogen-bond donors (Lipinski definition) is 0. The number of carbonyl (C=O) groups excluding carboxylic acids is 4. The fourth-order valence-electron chi connectivity index (χ4n) is 2.90. The van der Waals surface area contributed by atoms with E-state index in [0.29, 0.717) is 30.7 Å². The molecule has 0 aromatic heterocycles. The standard InChI is InChI=1S/C19H24N2O6/c1-26-13-5-10-20(11-9-17(23)27-2)16(22)8-12-21-18(24)14-6-3-4-7-15(14)19(21)25/h3-4,6-7H,5,8-13H2,1-2H3. The molecule has 2 rings (SSSR count). The molecule has 0 spiro atoms. The summed E-state index contributed by atoms with van der Waals surface area (Å²) < 4.78 is 9.61. The van der Waals surface area contributed by atoms with Gasteiger partial charge in [0, 0.05) is 39.8 Å². The van der Waals surface area contributed by atoms with Gasteiger partial charge in [-0.2, -0.15) is 0 Å². The number of methoxy groups -OCH3 is 2. The van der Waals surface area contributed by atoms with E-state index in [1.807, 2.05) is 0 Å². The number of imide groups is 1. The van der Waals surface area contributed by atoms with Crippen molar-refractivity contribution in [2.75, 3.05) is 40.5 Å². The average Bonchev–Trinajstić information content (AvgIpc) is 2.93. The van der Waals surface area contributed by atoms with E-state index in [0.717, 1.165) is 4.90 Å². The van der Waals surface area contributed by atoms with Crippen molar-refractivity contribution < 1.29 is 28.7 Å². The van der Waals surface area contributed by atoms with Crippen molar-refractivity contribution in [1.82, 2.24) is 9.80 Å². The van der Waals surface area contributed by atoms with Crippen molar-refractivity contribution in [1.29, 1.82) is 0 Å². The van der Waals surface area contributed by atoms with Crippen LogP contribution in [0.25, 0.3) is 0 Å². The lowest BCUT2D eigenvalue weighted by atomic mass is 10.1. The predicted octanol–water partition coefficient (Wildman–Crippen LogP) is 1.10. The monoisotopic (exact) mass is 376 g/mol. The lowest BCUT2D eigenvalue weighted by Crippen LogP contribution is -2.38. The molecule has 0 saturated carbocycles. The smallest absolute Gasteiger partial charge is 0.307 e. The van der Waals surface area contributed by atoms with Gasteiger partial charge in [0.25, 0.3) is 11.8 Å². The third-order valence-electron chi connectivity index (χ3n) is 4.37. The molecule has 0 radical (unpaired) electrons. The highest BCUT2D eigenvalue weighted by atomic mass is 16.5. The second kappa shape index (κ2) is 9.82. The molecule has 1 aliphatic rings. The molecule has 8 nitrogen and oxygen atoms in total. The molecule has 0 N–H and O–H groups in total. The minimum absolute atomic E-state index is 0.000374. The summed E-state index contributed by atoms with van der Waals surface area (Å²) in [7, 11) is 2.87. The van der Waals surface area contributed by atoms with Gasteiger partial charge in [-0.25, -0.2) is 0 Å². The fraction of sp³-hybridized carbons (Fsp3) is 0.474. The summed E-state index contributed by atoms with van der Waals surface area (Å²) >= 11 is 0. The maximum atomic E-state index is 12.6. The molecule has 1 aliphatic heterocycles. The number of ether oxygens (including phenoxy) is 2. The molecule has 0 aliphatic carbocycles. The Kier molecular flexibility index (Phi) is 7.48. The largest absolute Gasteiger partial charge is 0.469 e. The van der Waals surface area contributed by atoms with Gasteiger partial charge in [-0.1, -0.05) is 12.1 Å². The zero-order valence-corrected chi connectivity index (χ0v) is 15.6. The molecule has 1 aromatic rings. The molecule has 27 heavy (non-hydrogen) atoms. The van der Waals surface area contributed by atoms with Crippen molar-refractivity contribution in [2.45, 2.75) is 19.3 Å². The van der Waals surface area contributed by atoms with Gasteiger partial charge in [0.05, 0.1) is 24.7 Å². The van der Waals surface area contributed by atoms with Crippen LogP contribution in [0.15, 0.2) is 24.3 Å². The third kappa shape index (κ3) is 5.13. The normalized spacial score (nSPS) is 12.9. The second-order valence-electron chi connectivity index (χ2n) is 6.11. The molecule has 0 unspecified atom stereocenters. The molecule has 8 heteroatoms. The SMILES string of the molecule is COCCCN(CCC(=O)OC)C(=O)CCN1C(=O)c2ccccc2C1=O. The van der Waals surface area contributed by atoms with Crippen molar-refractivity contribution in [2.24, 2.45) is 0 Å². The first-order valence-electron chi connectivity index (χ1n) is 8.78. The van der Waals surface area contributed by atoms with Gasteiger partial charge < -0.3 is 14.4 Å². The maximum Gasteiger partial charge on any atom is 0.307 e. The van der Waals surface area contributed by atoms with Crippen LogP contribution in [-0.2, 0) is 19.1 Å². The molecule has 0 fully saturated rings. The van der Waals surface area contributed by atoms with Gasteiger partial charge in [0.15, 0.2) is 0 Å². The van der Waals surface area contributed by atoms with E-state index in [4.69, 9.17) is 4.74 Å². The average molecular weight is 376 g/mol. The van der Waals surface area contributed by atoms with Gasteiger partial charge >= 0.3 is 5.97 Å². The van der Waals surface area contributed by atoms with Gasteiger partial charge in [0.2, 0.25) is 5.91 Å². The molecule has 146 valence electrons. The second-order valence-corrected chi connectivity index (χ2v) is 6.11. The van der Waals surface area contributed by atoms with Crippen LogP contribution in [-0.4, -0.2) is 74.0 Å². The maximum absolute atomic E-state index is 12.6. The topological polar surface area (TPSA) is 93.2 Å². The molecule has 0 bridgehead atoms. The van der Waals surface area contributed by atoms with Crippen LogP contribution in [0.4, 0.5) is 0 Å². The molecule has 0 atom stereocenters. The Morgan fingerprint density at radius 1 is 1.00 bits per heavy atom. The van der Waals surface area contributed by atoms with Crippen LogP contribution < -0.4 is 0 Å². The highest BCUT2D eigenvalue weighted by molar-refractivity contribution is 6.21. The molecular formula is C19H24N2O6. The summed E-state index contributed by atoms with van der Waals surface area (Å²) in [6.45, 7) is 1.13. The summed E-state index contributed by atoms with van der Waals surface area (Å²) in [5.41, 5.74) is 0.718. The van der Waals surface area contributed by atoms with Crippen LogP contribution >= 0.6 is 0 Å². The fourth-order valence-corrected chi connectivity index (χ4v) is 2.90. The first kappa shape index (κ1) is 20.6. The quantitative estimate of drug-likeness (QED) is 0.345. The third-order valence-corrected chi connectivity index (χ3v) is 4.37. The molecule has 0 saturated heterocycles. The van der Waals surface area contributed by atoms with E-state index < -0.39 is 5.97 Å². The van der Waals surface area contributed by atoms with Crippen molar-refractivity contribution in [3.05, 3.63) is 35.4 Å². The number of esters is 1. The van der Waals surface area contributed by atoms with Gasteiger partial charge in [0.1, 0.15) is 0 Å². The lowest BCUT2D eigenvalue weighted by molar-refractivity contribution is -0.141. The van der Waals surface area contributed by atoms with Gasteiger partial charge in [-0.05, 0) is 18.6 Å². The highest BCUT2D eigenvalue weighted by Gasteiger charge is 2.35. The Bertz CT molecular complexity index is 683. The van der Waals surface area contributed by atoms with Crippen LogP contribution in [0.5, 0.6) is 0 Å². The molecule has 1 heterocycles. The number of fused-ring (bicyclic) bond motifs is 1. The summed E-state index contributed by atoms with van der Waals surface area (Å²) in [5, 5.41) is 0. The van der Waals surface area contributed by atoms with Crippen LogP contribution in [0.3, 0.4) is 0 Å². The number of amides is 3. The van der Waals surface area contributed by atoms with Crippen LogP contribution in [0.2, 0.25) is 0 Å². The van der Waals surface area contributed by atoms with Crippen LogP contribution in [0.1, 0.15) is 40.0 Å². The number of benzene rings is 1. The molecule has 1 aromatic carbocycles. The number of rotatable bonds is 10. The highest BCUT2D eigenvalue weighted by Crippen LogP contribution is 2.22. The molecular weight excluding hydrogens is 352 g/mol. The Hall–Kier alpha value is -2.74. The van der Waals surface area contributed by atoms with E-state index in [2.05, 4.69) is 4.74 Å². The van der Waals surface area contributed by atoms with E-state index in [1.54, 1.807) is 31.4 Å². The number of nitrogens with zero attached hydrogens (tertiary/aromatic N) is 2. The molecule has 3 amide bonds. The number of carbonyl (C=O) groups is 4. The van der Waals surface area contributed by atoms with E-state index >= 15 is 0 Å². The van der Waals surface area contributed by atoms with Crippen LogP contribution in [0, 0.1) is 0 Å². The summed E-state index contributed by atoms with van der Waals surface area (Å²) in [5.74, 6) is -1.40. The zero-order chi connectivity index (χ0) is 19.8. The van der Waals surface area contributed by atoms with Gasteiger partial charge in [-0.3, -0.25) is 24.1 Å². The lowest BCUT2D eigenvalue weighted by Gasteiger charge is -2.23. The minimum Gasteiger partial charge on any atom is -0.469 e. The van der Waals surface area contributed by atoms with Crippen molar-refractivity contribution >= 4 is 23.7 Å². The first-order valence-corrected chi connectivity index (χ1v) is 8.78.